The van der Waals surface area contributed by atoms with E-state index < -0.39 is 11.5 Å². The fourth-order valence-electron chi connectivity index (χ4n) is 1.77. The van der Waals surface area contributed by atoms with Crippen molar-refractivity contribution in [2.24, 2.45) is 0 Å². The van der Waals surface area contributed by atoms with E-state index in [0.29, 0.717) is 11.1 Å². The van der Waals surface area contributed by atoms with Gasteiger partial charge in [-0.3, -0.25) is 4.79 Å². The molecule has 0 saturated carbocycles. The highest BCUT2D eigenvalue weighted by Gasteiger charge is 2.11. The minimum atomic E-state index is -1.26. The molecule has 0 unspecified atom stereocenters. The van der Waals surface area contributed by atoms with Gasteiger partial charge in [0.2, 0.25) is 0 Å². The molecule has 2 rings (SSSR count). The molecule has 1 N–H and O–H groups in total. The van der Waals surface area contributed by atoms with Crippen LogP contribution in [0.3, 0.4) is 0 Å². The van der Waals surface area contributed by atoms with Crippen LogP contribution in [-0.2, 0) is 6.54 Å². The number of aromatic carboxylic acids is 1. The number of hydrogen-bond donors (Lipinski definition) is 1. The van der Waals surface area contributed by atoms with E-state index in [-0.39, 0.29) is 12.1 Å². The highest BCUT2D eigenvalue weighted by atomic mass is 16.4. The monoisotopic (exact) mass is 254 g/mol. The van der Waals surface area contributed by atoms with Crippen LogP contribution >= 0.6 is 0 Å². The first-order valence-corrected chi connectivity index (χ1v) is 5.54. The molecule has 0 spiro atoms. The van der Waals surface area contributed by atoms with Crippen LogP contribution in [0, 0.1) is 11.3 Å². The predicted octanol–water partition coefficient (Wildman–Crippen LogP) is 1.47. The largest absolute Gasteiger partial charge is 0.477 e. The molecule has 2 aromatic rings. The van der Waals surface area contributed by atoms with Crippen LogP contribution in [0.15, 0.2) is 47.4 Å². The number of pyridine rings is 1. The molecule has 0 aliphatic heterocycles. The number of carboxylic acid groups (broad SMARTS) is 1. The average molecular weight is 254 g/mol. The molecule has 19 heavy (non-hydrogen) atoms. The first-order chi connectivity index (χ1) is 9.13. The van der Waals surface area contributed by atoms with E-state index >= 15 is 0 Å². The van der Waals surface area contributed by atoms with E-state index in [1.807, 2.05) is 6.07 Å². The van der Waals surface area contributed by atoms with Crippen LogP contribution in [0.5, 0.6) is 0 Å². The SMILES string of the molecule is N#Cc1ccccc1Cn1cccc(C(=O)O)c1=O. The van der Waals surface area contributed by atoms with Crippen LogP contribution in [0.4, 0.5) is 0 Å². The zero-order valence-corrected chi connectivity index (χ0v) is 9.91. The van der Waals surface area contributed by atoms with Gasteiger partial charge in [0.25, 0.3) is 5.56 Å². The summed E-state index contributed by atoms with van der Waals surface area (Å²) in [7, 11) is 0. The van der Waals surface area contributed by atoms with Gasteiger partial charge < -0.3 is 9.67 Å². The Kier molecular flexibility index (Phi) is 3.44. The fourth-order valence-corrected chi connectivity index (χ4v) is 1.77. The predicted molar refractivity (Wildman–Crippen MR) is 67.9 cm³/mol. The highest BCUT2D eigenvalue weighted by molar-refractivity contribution is 5.86. The molecular formula is C14H10N2O3. The van der Waals surface area contributed by atoms with Gasteiger partial charge in [-0.15, -0.1) is 0 Å². The summed E-state index contributed by atoms with van der Waals surface area (Å²) in [4.78, 5) is 22.8. The summed E-state index contributed by atoms with van der Waals surface area (Å²) in [6.07, 6.45) is 1.50. The molecule has 0 atom stereocenters. The fraction of sp³-hybridized carbons (Fsp3) is 0.0714. The molecule has 94 valence electrons. The summed E-state index contributed by atoms with van der Waals surface area (Å²) in [5.41, 5.74) is 0.282. The Hall–Kier alpha value is -2.87. The number of nitrogens with zero attached hydrogens (tertiary/aromatic N) is 2. The lowest BCUT2D eigenvalue weighted by atomic mass is 10.1. The minimum absolute atomic E-state index is 0.170. The van der Waals surface area contributed by atoms with Crippen LogP contribution in [-0.4, -0.2) is 15.6 Å². The van der Waals surface area contributed by atoms with Gasteiger partial charge in [0, 0.05) is 6.20 Å². The van der Waals surface area contributed by atoms with Gasteiger partial charge in [-0.25, -0.2) is 4.79 Å². The quantitative estimate of drug-likeness (QED) is 0.898. The molecule has 0 fully saturated rings. The number of hydrogen-bond acceptors (Lipinski definition) is 3. The van der Waals surface area contributed by atoms with Crippen LogP contribution in [0.25, 0.3) is 0 Å². The molecule has 0 radical (unpaired) electrons. The lowest BCUT2D eigenvalue weighted by molar-refractivity contribution is 0.0694. The smallest absolute Gasteiger partial charge is 0.341 e. The highest BCUT2D eigenvalue weighted by Crippen LogP contribution is 2.08. The van der Waals surface area contributed by atoms with Gasteiger partial charge in [-0.05, 0) is 23.8 Å². The molecule has 1 aromatic carbocycles. The summed E-state index contributed by atoms with van der Waals surface area (Å²) in [5, 5.41) is 17.9. The Morgan fingerprint density at radius 3 is 2.68 bits per heavy atom. The maximum atomic E-state index is 11.9. The number of nitriles is 1. The first kappa shape index (κ1) is 12.6. The van der Waals surface area contributed by atoms with Crippen molar-refractivity contribution in [1.29, 1.82) is 5.26 Å². The van der Waals surface area contributed by atoms with E-state index in [1.54, 1.807) is 24.3 Å². The number of carbonyl (C=O) groups is 1. The van der Waals surface area contributed by atoms with Crippen molar-refractivity contribution >= 4 is 5.97 Å². The molecule has 5 nitrogen and oxygen atoms in total. The molecule has 0 aliphatic carbocycles. The molecule has 1 heterocycles. The maximum Gasteiger partial charge on any atom is 0.341 e. The molecule has 0 bridgehead atoms. The molecule has 5 heteroatoms. The Bertz CT molecular complexity index is 726. The average Bonchev–Trinajstić information content (AvgIpc) is 2.41. The number of benzene rings is 1. The summed E-state index contributed by atoms with van der Waals surface area (Å²) in [6, 6.07) is 11.7. The number of aromatic nitrogens is 1. The lowest BCUT2D eigenvalue weighted by Crippen LogP contribution is -2.26. The van der Waals surface area contributed by atoms with Crippen LogP contribution < -0.4 is 5.56 Å². The summed E-state index contributed by atoms with van der Waals surface area (Å²) in [5.74, 6) is -1.26. The molecule has 0 aliphatic rings. The molecule has 1 aromatic heterocycles. The Morgan fingerprint density at radius 1 is 1.26 bits per heavy atom. The Labute approximate surface area is 109 Å². The van der Waals surface area contributed by atoms with E-state index in [2.05, 4.69) is 0 Å². The van der Waals surface area contributed by atoms with Gasteiger partial charge in [0.1, 0.15) is 5.56 Å². The van der Waals surface area contributed by atoms with Crippen molar-refractivity contribution in [3.05, 3.63) is 69.6 Å². The maximum absolute atomic E-state index is 11.9. The zero-order chi connectivity index (χ0) is 13.8. The summed E-state index contributed by atoms with van der Waals surface area (Å²) >= 11 is 0. The van der Waals surface area contributed by atoms with Gasteiger partial charge in [0.15, 0.2) is 0 Å². The third-order valence-corrected chi connectivity index (χ3v) is 2.73. The van der Waals surface area contributed by atoms with Crippen LogP contribution in [0.2, 0.25) is 0 Å². The zero-order valence-electron chi connectivity index (χ0n) is 9.91. The normalized spacial score (nSPS) is 9.84. The standard InChI is InChI=1S/C14H10N2O3/c15-8-10-4-1-2-5-11(10)9-16-7-3-6-12(13(16)17)14(18)19/h1-7H,9H2,(H,18,19). The van der Waals surface area contributed by atoms with Crippen molar-refractivity contribution < 1.29 is 9.90 Å². The molecular weight excluding hydrogens is 244 g/mol. The second-order valence-corrected chi connectivity index (χ2v) is 3.93. The van der Waals surface area contributed by atoms with Gasteiger partial charge in [-0.2, -0.15) is 5.26 Å². The Balaban J connectivity index is 2.45. The van der Waals surface area contributed by atoms with E-state index in [1.165, 1.54) is 22.9 Å². The molecule has 0 saturated heterocycles. The number of carboxylic acids is 1. The number of rotatable bonds is 3. The first-order valence-electron chi connectivity index (χ1n) is 5.54. The van der Waals surface area contributed by atoms with Crippen molar-refractivity contribution in [2.45, 2.75) is 6.54 Å². The van der Waals surface area contributed by atoms with Crippen molar-refractivity contribution in [3.63, 3.8) is 0 Å². The van der Waals surface area contributed by atoms with Crippen molar-refractivity contribution in [3.8, 4) is 6.07 Å². The summed E-state index contributed by atoms with van der Waals surface area (Å²) in [6.45, 7) is 0.170. The topological polar surface area (TPSA) is 83.1 Å². The van der Waals surface area contributed by atoms with Gasteiger partial charge in [0.05, 0.1) is 18.2 Å². The van der Waals surface area contributed by atoms with E-state index in [9.17, 15) is 9.59 Å². The third kappa shape index (κ3) is 2.53. The van der Waals surface area contributed by atoms with Gasteiger partial charge in [-0.1, -0.05) is 18.2 Å². The van der Waals surface area contributed by atoms with Crippen molar-refractivity contribution in [2.75, 3.05) is 0 Å². The summed E-state index contributed by atoms with van der Waals surface area (Å²) < 4.78 is 1.28. The molecule has 0 amide bonds. The van der Waals surface area contributed by atoms with Crippen LogP contribution in [0.1, 0.15) is 21.5 Å². The van der Waals surface area contributed by atoms with Gasteiger partial charge >= 0.3 is 5.97 Å². The van der Waals surface area contributed by atoms with Crippen molar-refractivity contribution in [1.82, 2.24) is 4.57 Å². The lowest BCUT2D eigenvalue weighted by Gasteiger charge is -2.07. The third-order valence-electron chi connectivity index (χ3n) is 2.73. The second kappa shape index (κ2) is 5.19. The van der Waals surface area contributed by atoms with E-state index in [4.69, 9.17) is 10.4 Å². The second-order valence-electron chi connectivity index (χ2n) is 3.93. The minimum Gasteiger partial charge on any atom is -0.477 e. The van der Waals surface area contributed by atoms with E-state index in [0.717, 1.165) is 0 Å². The Morgan fingerprint density at radius 2 is 2.00 bits per heavy atom.